The number of ketones is 1. The summed E-state index contributed by atoms with van der Waals surface area (Å²) in [6.45, 7) is 15.8. The van der Waals surface area contributed by atoms with Crippen LogP contribution in [0.3, 0.4) is 0 Å². The van der Waals surface area contributed by atoms with Gasteiger partial charge in [-0.15, -0.1) is 0 Å². The molecule has 7 rings (SSSR count). The molecule has 0 aromatic heterocycles. The van der Waals surface area contributed by atoms with E-state index in [4.69, 9.17) is 18.9 Å². The zero-order chi connectivity index (χ0) is 33.0. The van der Waals surface area contributed by atoms with Crippen molar-refractivity contribution in [2.24, 2.45) is 50.7 Å². The fourth-order valence-corrected chi connectivity index (χ4v) is 12.9. The number of ether oxygens (including phenoxy) is 4. The van der Waals surface area contributed by atoms with Crippen molar-refractivity contribution < 1.29 is 43.2 Å². The molecular formula is C36H54O9. The first kappa shape index (κ1) is 33.2. The lowest BCUT2D eigenvalue weighted by Gasteiger charge is -2.81. The molecule has 9 nitrogen and oxygen atoms in total. The lowest BCUT2D eigenvalue weighted by molar-refractivity contribution is -0.344. The number of carbonyl (C=O) groups excluding carboxylic acids is 4. The summed E-state index contributed by atoms with van der Waals surface area (Å²) in [7, 11) is 0. The average molecular weight is 631 g/mol. The molecule has 9 heteroatoms. The number of Topliss-reactive ketones (excluding diaryl/α,β-unsaturated/α-hetero) is 1. The Bertz CT molecular complexity index is 1240. The Morgan fingerprint density at radius 1 is 1.09 bits per heavy atom. The minimum absolute atomic E-state index is 0.0713. The van der Waals surface area contributed by atoms with Crippen molar-refractivity contribution in [3.8, 4) is 0 Å². The number of rotatable bonds is 9. The van der Waals surface area contributed by atoms with Crippen LogP contribution in [0.25, 0.3) is 0 Å². The number of aldehydes is 2. The van der Waals surface area contributed by atoms with Crippen LogP contribution in [0.1, 0.15) is 107 Å². The molecule has 1 N–H and O–H groups in total. The van der Waals surface area contributed by atoms with Crippen molar-refractivity contribution in [1.29, 1.82) is 0 Å². The van der Waals surface area contributed by atoms with Gasteiger partial charge < -0.3 is 28.8 Å². The Labute approximate surface area is 267 Å². The molecular weight excluding hydrogens is 576 g/mol. The summed E-state index contributed by atoms with van der Waals surface area (Å²) in [5.74, 6) is 0.708. The van der Waals surface area contributed by atoms with Crippen LogP contribution in [0.4, 0.5) is 0 Å². The smallest absolute Gasteiger partial charge is 0.303 e. The van der Waals surface area contributed by atoms with Gasteiger partial charge in [0.25, 0.3) is 0 Å². The third-order valence-electron chi connectivity index (χ3n) is 14.8. The molecule has 252 valence electrons. The molecule has 6 saturated carbocycles. The second-order valence-corrected chi connectivity index (χ2v) is 17.1. The summed E-state index contributed by atoms with van der Waals surface area (Å²) in [4.78, 5) is 49.4. The van der Waals surface area contributed by atoms with E-state index in [0.717, 1.165) is 44.9 Å². The van der Waals surface area contributed by atoms with E-state index in [1.165, 1.54) is 6.92 Å². The highest BCUT2D eigenvalue weighted by Crippen LogP contribution is 2.86. The van der Waals surface area contributed by atoms with Crippen molar-refractivity contribution in [3.05, 3.63) is 0 Å². The maximum atomic E-state index is 14.9. The normalized spacial score (nSPS) is 47.6. The van der Waals surface area contributed by atoms with Crippen molar-refractivity contribution in [3.63, 3.8) is 0 Å². The van der Waals surface area contributed by atoms with Gasteiger partial charge in [0.2, 0.25) is 6.29 Å². The van der Waals surface area contributed by atoms with Crippen LogP contribution < -0.4 is 0 Å². The summed E-state index contributed by atoms with van der Waals surface area (Å²) < 4.78 is 23.9. The third-order valence-corrected chi connectivity index (χ3v) is 14.8. The maximum Gasteiger partial charge on any atom is 0.303 e. The van der Waals surface area contributed by atoms with E-state index in [1.54, 1.807) is 13.8 Å². The summed E-state index contributed by atoms with van der Waals surface area (Å²) in [6, 6.07) is 0. The van der Waals surface area contributed by atoms with Crippen molar-refractivity contribution >= 4 is 24.3 Å². The number of hydrogen-bond acceptors (Lipinski definition) is 9. The molecule has 45 heavy (non-hydrogen) atoms. The minimum atomic E-state index is -1.31. The molecule has 7 fully saturated rings. The Balaban J connectivity index is 1.28. The zero-order valence-corrected chi connectivity index (χ0v) is 28.4. The van der Waals surface area contributed by atoms with Gasteiger partial charge in [-0.25, -0.2) is 0 Å². The summed E-state index contributed by atoms with van der Waals surface area (Å²) >= 11 is 0. The molecule has 0 aromatic rings. The third kappa shape index (κ3) is 4.31. The number of carbonyl (C=O) groups is 4. The van der Waals surface area contributed by atoms with Crippen LogP contribution in [-0.2, 0) is 38.1 Å². The molecule has 0 amide bonds. The molecule has 13 atom stereocenters. The molecule has 7 aliphatic rings. The predicted molar refractivity (Wildman–Crippen MR) is 164 cm³/mol. The maximum absolute atomic E-state index is 14.9. The monoisotopic (exact) mass is 630 g/mol. The first-order valence-electron chi connectivity index (χ1n) is 17.2. The molecule has 0 aromatic carbocycles. The van der Waals surface area contributed by atoms with Crippen LogP contribution in [0.5, 0.6) is 0 Å². The van der Waals surface area contributed by atoms with Gasteiger partial charge in [0, 0.05) is 18.3 Å². The second kappa shape index (κ2) is 10.7. The Hall–Kier alpha value is -1.68. The molecule has 1 saturated heterocycles. The highest BCUT2D eigenvalue weighted by Gasteiger charge is 2.82. The Kier molecular flexibility index (Phi) is 7.87. The summed E-state index contributed by atoms with van der Waals surface area (Å²) in [6.07, 6.45) is 5.62. The van der Waals surface area contributed by atoms with Crippen LogP contribution in [-0.4, -0.2) is 72.3 Å². The average Bonchev–Trinajstić information content (AvgIpc) is 3.14. The van der Waals surface area contributed by atoms with Crippen LogP contribution >= 0.6 is 0 Å². The topological polar surface area (TPSA) is 125 Å². The highest BCUT2D eigenvalue weighted by molar-refractivity contribution is 5.93. The first-order valence-corrected chi connectivity index (χ1v) is 17.2. The summed E-state index contributed by atoms with van der Waals surface area (Å²) in [5, 5.41) is 11.0. The molecule has 2 spiro atoms. The minimum Gasteiger partial charge on any atom is -0.457 e. The Morgan fingerprint density at radius 3 is 2.42 bits per heavy atom. The largest absolute Gasteiger partial charge is 0.457 e. The molecule has 2 bridgehead atoms. The number of aliphatic hydroxyl groups is 1. The number of hydrogen-bond donors (Lipinski definition) is 1. The molecule has 1 heterocycles. The van der Waals surface area contributed by atoms with Crippen molar-refractivity contribution in [2.45, 2.75) is 143 Å². The standard InChI is InChI=1S/C36H54O9/c1-20-17-22(30(32(5,6)41)43-21(2)39)44-28-27(20)33(7)13-14-35-19-36(12-11-23(35)34(33,8)29(28)40)24(35)9-10-25(31(36,3)4)45-26(18-38)42-16-15-37/h15,18,20,22-28,30,41H,9-14,16-17,19H2,1-8H3. The fraction of sp³-hybridized carbons (Fsp3) is 0.889. The van der Waals surface area contributed by atoms with Gasteiger partial charge in [0.05, 0.1) is 17.8 Å². The van der Waals surface area contributed by atoms with Gasteiger partial charge in [-0.3, -0.25) is 14.4 Å². The lowest BCUT2D eigenvalue weighted by Crippen LogP contribution is -2.76. The van der Waals surface area contributed by atoms with Gasteiger partial charge in [-0.05, 0) is 105 Å². The van der Waals surface area contributed by atoms with E-state index in [-0.39, 0.29) is 57.9 Å². The number of esters is 1. The lowest BCUT2D eigenvalue weighted by atomic mass is 9.23. The SMILES string of the molecule is CC(=O)OC(C1CC(C)C2C(O1)C(=O)C1(C)C3CCC45CC3(CCC21C)C4CCC(OC(C=O)OCC=O)C5(C)C)C(C)(C)O. The van der Waals surface area contributed by atoms with E-state index < -0.39 is 41.6 Å². The van der Waals surface area contributed by atoms with Gasteiger partial charge in [0.15, 0.2) is 18.2 Å². The van der Waals surface area contributed by atoms with Crippen molar-refractivity contribution in [2.75, 3.05) is 6.61 Å². The first-order chi connectivity index (χ1) is 20.9. The molecule has 13 unspecified atom stereocenters. The van der Waals surface area contributed by atoms with Gasteiger partial charge >= 0.3 is 5.97 Å². The highest BCUT2D eigenvalue weighted by atomic mass is 16.7. The van der Waals surface area contributed by atoms with E-state index in [9.17, 15) is 24.3 Å². The quantitative estimate of drug-likeness (QED) is 0.217. The van der Waals surface area contributed by atoms with Crippen LogP contribution in [0.15, 0.2) is 0 Å². The summed E-state index contributed by atoms with van der Waals surface area (Å²) in [5.41, 5.74) is -2.09. The zero-order valence-electron chi connectivity index (χ0n) is 28.4. The fourth-order valence-electron chi connectivity index (χ4n) is 12.9. The number of fused-ring (bicyclic) bond motifs is 4. The predicted octanol–water partition coefficient (Wildman–Crippen LogP) is 4.84. The molecule has 0 radical (unpaired) electrons. The van der Waals surface area contributed by atoms with Crippen LogP contribution in [0.2, 0.25) is 0 Å². The van der Waals surface area contributed by atoms with Gasteiger partial charge in [0.1, 0.15) is 19.0 Å². The van der Waals surface area contributed by atoms with E-state index in [0.29, 0.717) is 24.9 Å². The van der Waals surface area contributed by atoms with E-state index >= 15 is 0 Å². The van der Waals surface area contributed by atoms with Crippen LogP contribution in [0, 0.1) is 50.7 Å². The van der Waals surface area contributed by atoms with E-state index in [1.807, 2.05) is 0 Å². The molecule has 6 aliphatic carbocycles. The van der Waals surface area contributed by atoms with Gasteiger partial charge in [-0.1, -0.05) is 34.6 Å². The second-order valence-electron chi connectivity index (χ2n) is 17.1. The van der Waals surface area contributed by atoms with Gasteiger partial charge in [-0.2, -0.15) is 0 Å². The van der Waals surface area contributed by atoms with E-state index in [2.05, 4.69) is 34.6 Å². The Morgan fingerprint density at radius 2 is 1.80 bits per heavy atom. The van der Waals surface area contributed by atoms with Crippen molar-refractivity contribution in [1.82, 2.24) is 0 Å². The molecule has 1 aliphatic heterocycles.